The number of anilines is 1. The predicted molar refractivity (Wildman–Crippen MR) is 193 cm³/mol. The molecule has 0 saturated carbocycles. The summed E-state index contributed by atoms with van der Waals surface area (Å²) in [5, 5.41) is 0. The Morgan fingerprint density at radius 2 is 1.29 bits per heavy atom. The number of Topliss-reactive ketones (excluding diaryl/α,β-unsaturated/α-hetero) is 1. The average molecular weight is 672 g/mol. The highest BCUT2D eigenvalue weighted by molar-refractivity contribution is 6.00. The molecule has 49 heavy (non-hydrogen) atoms. The van der Waals surface area contributed by atoms with E-state index in [1.807, 2.05) is 71.6 Å². The van der Waals surface area contributed by atoms with E-state index in [4.69, 9.17) is 0 Å². The molecule has 0 saturated heterocycles. The number of ketones is 1. The summed E-state index contributed by atoms with van der Waals surface area (Å²) in [5.74, 6) is 0.0793. The van der Waals surface area contributed by atoms with Gasteiger partial charge >= 0.3 is 6.18 Å². The Labute approximate surface area is 289 Å². The Morgan fingerprint density at radius 1 is 0.714 bits per heavy atom. The molecule has 0 fully saturated rings. The molecule has 0 N–H and O–H groups in total. The van der Waals surface area contributed by atoms with Crippen molar-refractivity contribution >= 4 is 17.4 Å². The summed E-state index contributed by atoms with van der Waals surface area (Å²) in [6, 6.07) is 30.5. The van der Waals surface area contributed by atoms with E-state index < -0.39 is 11.7 Å². The number of carbonyl (C=O) groups excluding carboxylic acids is 2. The van der Waals surface area contributed by atoms with Crippen LogP contribution in [-0.2, 0) is 23.9 Å². The number of likely N-dealkylation sites (N-methyl/N-ethyl adjacent to an activating group) is 1. The van der Waals surface area contributed by atoms with E-state index in [2.05, 4.69) is 49.6 Å². The highest BCUT2D eigenvalue weighted by atomic mass is 19.4. The van der Waals surface area contributed by atoms with Crippen LogP contribution < -0.4 is 4.90 Å². The van der Waals surface area contributed by atoms with Crippen LogP contribution in [0.25, 0.3) is 11.1 Å². The highest BCUT2D eigenvalue weighted by Gasteiger charge is 2.30. The van der Waals surface area contributed by atoms with Gasteiger partial charge < -0.3 is 14.7 Å². The Hall–Kier alpha value is -4.43. The first-order valence-electron chi connectivity index (χ1n) is 17.1. The molecule has 0 aromatic heterocycles. The minimum atomic E-state index is -4.38. The number of amides is 1. The van der Waals surface area contributed by atoms with Gasteiger partial charge in [0.25, 0.3) is 0 Å². The van der Waals surface area contributed by atoms with Crippen molar-refractivity contribution in [2.75, 3.05) is 37.6 Å². The Balaban J connectivity index is 1.61. The summed E-state index contributed by atoms with van der Waals surface area (Å²) in [5.41, 5.74) is 4.28. The van der Waals surface area contributed by atoms with Crippen molar-refractivity contribution in [1.82, 2.24) is 9.80 Å². The first-order valence-corrected chi connectivity index (χ1v) is 17.1. The van der Waals surface area contributed by atoms with Gasteiger partial charge in [-0.1, -0.05) is 99.6 Å². The number of alkyl halides is 3. The van der Waals surface area contributed by atoms with Gasteiger partial charge in [0.2, 0.25) is 5.91 Å². The molecule has 1 amide bonds. The number of para-hydroxylation sites is 1. The van der Waals surface area contributed by atoms with Crippen LogP contribution in [0, 0.1) is 5.92 Å². The predicted octanol–water partition coefficient (Wildman–Crippen LogP) is 9.02. The summed E-state index contributed by atoms with van der Waals surface area (Å²) in [4.78, 5) is 33.4. The van der Waals surface area contributed by atoms with Crippen molar-refractivity contribution in [2.45, 2.75) is 59.8 Å². The van der Waals surface area contributed by atoms with E-state index in [0.29, 0.717) is 30.8 Å². The Morgan fingerprint density at radius 3 is 1.86 bits per heavy atom. The molecule has 0 radical (unpaired) electrons. The second-order valence-electron chi connectivity index (χ2n) is 12.7. The number of halogens is 3. The third-order valence-electron chi connectivity index (χ3n) is 9.42. The topological polar surface area (TPSA) is 43.9 Å². The smallest absolute Gasteiger partial charge is 0.359 e. The van der Waals surface area contributed by atoms with E-state index in [0.717, 1.165) is 48.5 Å². The maximum absolute atomic E-state index is 14.4. The molecule has 4 rings (SSSR count). The lowest BCUT2D eigenvalue weighted by Gasteiger charge is -2.37. The van der Waals surface area contributed by atoms with Crippen molar-refractivity contribution in [3.8, 4) is 11.1 Å². The molecule has 0 bridgehead atoms. The van der Waals surface area contributed by atoms with Crippen molar-refractivity contribution in [3.63, 3.8) is 0 Å². The van der Waals surface area contributed by atoms with Crippen LogP contribution in [0.15, 0.2) is 103 Å². The van der Waals surface area contributed by atoms with Crippen LogP contribution in [0.5, 0.6) is 0 Å². The van der Waals surface area contributed by atoms with Gasteiger partial charge in [-0.2, -0.15) is 13.2 Å². The number of carbonyl (C=O) groups is 2. The van der Waals surface area contributed by atoms with Crippen LogP contribution in [0.3, 0.4) is 0 Å². The van der Waals surface area contributed by atoms with Crippen molar-refractivity contribution in [3.05, 3.63) is 125 Å². The van der Waals surface area contributed by atoms with Gasteiger partial charge in [0.1, 0.15) is 0 Å². The monoisotopic (exact) mass is 671 g/mol. The van der Waals surface area contributed by atoms with Gasteiger partial charge in [0, 0.05) is 36.9 Å². The molecule has 0 spiro atoms. The second-order valence-corrected chi connectivity index (χ2v) is 12.7. The molecular weight excluding hydrogens is 623 g/mol. The third kappa shape index (κ3) is 10.3. The van der Waals surface area contributed by atoms with Gasteiger partial charge in [-0.3, -0.25) is 9.59 Å². The molecule has 260 valence electrons. The van der Waals surface area contributed by atoms with Crippen LogP contribution in [0.2, 0.25) is 0 Å². The number of benzene rings is 4. The van der Waals surface area contributed by atoms with E-state index in [1.165, 1.54) is 17.7 Å². The number of hydrogen-bond donors (Lipinski definition) is 0. The average Bonchev–Trinajstić information content (AvgIpc) is 3.10. The molecule has 4 aromatic rings. The SMILES string of the molecule is CCN(CC)CCN(Cc1ccc(-c2ccc(C(F)(F)F)cc2)cc1)C(=O)CN(c1ccccc1C(C)=O)C(C)C(C)Cc1ccccc1. The van der Waals surface area contributed by atoms with Gasteiger partial charge in [-0.15, -0.1) is 0 Å². The van der Waals surface area contributed by atoms with Gasteiger partial charge in [-0.05, 0) is 85.8 Å². The third-order valence-corrected chi connectivity index (χ3v) is 9.42. The maximum Gasteiger partial charge on any atom is 0.416 e. The zero-order chi connectivity index (χ0) is 35.6. The molecule has 2 atom stereocenters. The maximum atomic E-state index is 14.4. The van der Waals surface area contributed by atoms with E-state index in [1.54, 1.807) is 6.92 Å². The van der Waals surface area contributed by atoms with Gasteiger partial charge in [0.15, 0.2) is 5.78 Å². The fraction of sp³-hybridized carbons (Fsp3) is 0.366. The first kappa shape index (κ1) is 37.4. The number of rotatable bonds is 16. The highest BCUT2D eigenvalue weighted by Crippen LogP contribution is 2.31. The summed E-state index contributed by atoms with van der Waals surface area (Å²) in [6.45, 7) is 13.5. The first-order chi connectivity index (χ1) is 23.4. The Kier molecular flexibility index (Phi) is 13.2. The lowest BCUT2D eigenvalue weighted by Crippen LogP contribution is -2.48. The van der Waals surface area contributed by atoms with E-state index in [9.17, 15) is 22.8 Å². The molecule has 0 heterocycles. The summed E-state index contributed by atoms with van der Waals surface area (Å²) in [6.07, 6.45) is -3.56. The normalized spacial score (nSPS) is 12.8. The minimum absolute atomic E-state index is 0.0453. The molecule has 0 aliphatic heterocycles. The molecular formula is C41H48F3N3O2. The van der Waals surface area contributed by atoms with Crippen LogP contribution in [0.1, 0.15) is 61.7 Å². The Bertz CT molecular complexity index is 1640. The lowest BCUT2D eigenvalue weighted by molar-refractivity contribution is -0.137. The van der Waals surface area contributed by atoms with Crippen molar-refractivity contribution in [2.24, 2.45) is 5.92 Å². The summed E-state index contributed by atoms with van der Waals surface area (Å²) < 4.78 is 39.2. The van der Waals surface area contributed by atoms with E-state index >= 15 is 0 Å². The quantitative estimate of drug-likeness (QED) is 0.112. The summed E-state index contributed by atoms with van der Waals surface area (Å²) >= 11 is 0. The molecule has 0 aliphatic carbocycles. The number of nitrogens with zero attached hydrogens (tertiary/aromatic N) is 3. The van der Waals surface area contributed by atoms with Crippen molar-refractivity contribution in [1.29, 1.82) is 0 Å². The van der Waals surface area contributed by atoms with Crippen LogP contribution in [0.4, 0.5) is 18.9 Å². The summed E-state index contributed by atoms with van der Waals surface area (Å²) in [7, 11) is 0. The zero-order valence-electron chi connectivity index (χ0n) is 29.2. The molecule has 5 nitrogen and oxygen atoms in total. The van der Waals surface area contributed by atoms with Crippen LogP contribution >= 0.6 is 0 Å². The largest absolute Gasteiger partial charge is 0.416 e. The number of hydrogen-bond acceptors (Lipinski definition) is 4. The van der Waals surface area contributed by atoms with Crippen molar-refractivity contribution < 1.29 is 22.8 Å². The molecule has 2 unspecified atom stereocenters. The van der Waals surface area contributed by atoms with Gasteiger partial charge in [0.05, 0.1) is 12.1 Å². The lowest BCUT2D eigenvalue weighted by atomic mass is 9.92. The van der Waals surface area contributed by atoms with E-state index in [-0.39, 0.29) is 30.2 Å². The van der Waals surface area contributed by atoms with Crippen LogP contribution in [-0.4, -0.2) is 60.3 Å². The standard InChI is InChI=1S/C41H48F3N3O2/c1-6-45(7-2)25-26-46(28-34-17-19-35(20-18-34)36-21-23-37(24-22-36)41(42,43)44)40(49)29-47(39-16-12-11-15-38(39)32(5)48)31(4)30(3)27-33-13-9-8-10-14-33/h8-24,30-31H,6-7,25-29H2,1-5H3. The molecule has 8 heteroatoms. The zero-order valence-corrected chi connectivity index (χ0v) is 29.2. The fourth-order valence-corrected chi connectivity index (χ4v) is 6.15. The molecule has 0 aliphatic rings. The molecule has 4 aromatic carbocycles. The fourth-order valence-electron chi connectivity index (χ4n) is 6.15. The second kappa shape index (κ2) is 17.3. The minimum Gasteiger partial charge on any atom is -0.359 e. The van der Waals surface area contributed by atoms with Gasteiger partial charge in [-0.25, -0.2) is 0 Å².